The van der Waals surface area contributed by atoms with Gasteiger partial charge in [-0.1, -0.05) is 0 Å². The van der Waals surface area contributed by atoms with E-state index in [0.717, 1.165) is 40.6 Å². The Hall–Kier alpha value is -3.61. The second-order valence-electron chi connectivity index (χ2n) is 10.9. The molecule has 0 atom stereocenters. The topological polar surface area (TPSA) is 119 Å². The molecular weight excluding hydrogens is 528 g/mol. The van der Waals surface area contributed by atoms with Crippen LogP contribution in [-0.4, -0.2) is 72.9 Å². The number of aromatic nitrogens is 5. The van der Waals surface area contributed by atoms with E-state index in [0.29, 0.717) is 47.8 Å². The predicted molar refractivity (Wildman–Crippen MR) is 151 cm³/mol. The number of carbonyl (C=O) groups is 2. The van der Waals surface area contributed by atoms with Crippen LogP contribution in [0.3, 0.4) is 0 Å². The number of amides is 2. The van der Waals surface area contributed by atoms with Crippen molar-refractivity contribution in [3.8, 4) is 10.4 Å². The third kappa shape index (κ3) is 4.40. The van der Waals surface area contributed by atoms with Crippen molar-refractivity contribution >= 4 is 33.7 Å². The second-order valence-corrected chi connectivity index (χ2v) is 12.0. The summed E-state index contributed by atoms with van der Waals surface area (Å²) in [5, 5.41) is 14.9. The lowest BCUT2D eigenvalue weighted by Crippen LogP contribution is -2.51. The Balaban J connectivity index is 1.04. The minimum absolute atomic E-state index is 0.186. The van der Waals surface area contributed by atoms with Gasteiger partial charge in [-0.05, 0) is 51.6 Å². The van der Waals surface area contributed by atoms with Crippen molar-refractivity contribution in [3.05, 3.63) is 53.4 Å². The number of nitrogens with one attached hydrogen (secondary N) is 2. The predicted octanol–water partition coefficient (Wildman–Crippen LogP) is 3.49. The summed E-state index contributed by atoms with van der Waals surface area (Å²) in [6, 6.07) is 1.69. The molecular formula is C28H32N8O3S. The summed E-state index contributed by atoms with van der Waals surface area (Å²) >= 11 is 1.48. The van der Waals surface area contributed by atoms with E-state index in [4.69, 9.17) is 4.74 Å². The van der Waals surface area contributed by atoms with Crippen molar-refractivity contribution in [2.24, 2.45) is 0 Å². The summed E-state index contributed by atoms with van der Waals surface area (Å²) in [7, 11) is 0. The van der Waals surface area contributed by atoms with Crippen LogP contribution >= 0.6 is 11.3 Å². The Morgan fingerprint density at radius 3 is 2.83 bits per heavy atom. The molecule has 6 heterocycles. The molecule has 1 spiro atoms. The van der Waals surface area contributed by atoms with Crippen LogP contribution in [0, 0.1) is 6.92 Å². The summed E-state index contributed by atoms with van der Waals surface area (Å²) in [5.74, 6) is -0.486. The number of aryl methyl sites for hydroxylation is 1. The summed E-state index contributed by atoms with van der Waals surface area (Å²) in [6.45, 7) is 6.29. The molecule has 0 unspecified atom stereocenters. The molecule has 40 heavy (non-hydrogen) atoms. The summed E-state index contributed by atoms with van der Waals surface area (Å²) in [4.78, 5) is 34.9. The maximum Gasteiger partial charge on any atom is 0.260 e. The molecule has 1 aliphatic carbocycles. The van der Waals surface area contributed by atoms with Gasteiger partial charge in [0.15, 0.2) is 0 Å². The fraction of sp³-hybridized carbons (Fsp3) is 0.464. The highest BCUT2D eigenvalue weighted by atomic mass is 32.1. The van der Waals surface area contributed by atoms with E-state index < -0.39 is 0 Å². The normalized spacial score (nSPS) is 18.1. The molecule has 12 heteroatoms. The lowest BCUT2D eigenvalue weighted by atomic mass is 9.75. The molecule has 3 aliphatic rings. The summed E-state index contributed by atoms with van der Waals surface area (Å²) in [6.07, 6.45) is 13.3. The zero-order chi connectivity index (χ0) is 27.3. The molecule has 0 radical (unpaired) electrons. The first-order valence-corrected chi connectivity index (χ1v) is 14.7. The van der Waals surface area contributed by atoms with Crippen LogP contribution in [0.25, 0.3) is 15.3 Å². The number of fused-ring (bicyclic) bond motifs is 2. The van der Waals surface area contributed by atoms with E-state index >= 15 is 0 Å². The highest BCUT2D eigenvalue weighted by Crippen LogP contribution is 2.45. The number of carbonyl (C=O) groups excluding carboxylic acids is 2. The van der Waals surface area contributed by atoms with Gasteiger partial charge in [0.25, 0.3) is 11.8 Å². The van der Waals surface area contributed by atoms with Gasteiger partial charge in [0.1, 0.15) is 4.83 Å². The number of hydrogen-bond donors (Lipinski definition) is 2. The smallest absolute Gasteiger partial charge is 0.260 e. The van der Waals surface area contributed by atoms with Crippen LogP contribution in [-0.2, 0) is 17.9 Å². The van der Waals surface area contributed by atoms with Gasteiger partial charge < -0.3 is 15.4 Å². The molecule has 208 valence electrons. The first-order chi connectivity index (χ1) is 19.5. The number of pyridine rings is 1. The molecule has 1 saturated heterocycles. The fourth-order valence-corrected chi connectivity index (χ4v) is 7.31. The number of thiazole rings is 1. The fourth-order valence-electron chi connectivity index (χ4n) is 6.22. The van der Waals surface area contributed by atoms with Gasteiger partial charge in [0, 0.05) is 36.6 Å². The van der Waals surface area contributed by atoms with E-state index in [1.807, 2.05) is 24.0 Å². The largest absolute Gasteiger partial charge is 0.373 e. The third-order valence-corrected chi connectivity index (χ3v) is 9.78. The number of hydrogen-bond acceptors (Lipinski definition) is 8. The zero-order valence-corrected chi connectivity index (χ0v) is 23.3. The van der Waals surface area contributed by atoms with Crippen LogP contribution in [0.1, 0.15) is 64.2 Å². The quantitative estimate of drug-likeness (QED) is 0.355. The lowest BCUT2D eigenvalue weighted by Gasteiger charge is -2.46. The number of rotatable bonds is 7. The number of likely N-dealkylation sites (tertiary alicyclic amines) is 1. The molecule has 2 N–H and O–H groups in total. The molecule has 1 saturated carbocycles. The van der Waals surface area contributed by atoms with Crippen molar-refractivity contribution in [1.29, 1.82) is 0 Å². The highest BCUT2D eigenvalue weighted by Gasteiger charge is 2.44. The van der Waals surface area contributed by atoms with Gasteiger partial charge in [-0.2, -0.15) is 10.2 Å². The van der Waals surface area contributed by atoms with E-state index in [2.05, 4.69) is 30.7 Å². The van der Waals surface area contributed by atoms with Crippen molar-refractivity contribution in [2.75, 3.05) is 31.6 Å². The average molecular weight is 561 g/mol. The Morgan fingerprint density at radius 1 is 1.10 bits per heavy atom. The van der Waals surface area contributed by atoms with Crippen LogP contribution < -0.4 is 10.6 Å². The van der Waals surface area contributed by atoms with Gasteiger partial charge >= 0.3 is 0 Å². The first kappa shape index (κ1) is 25.4. The second kappa shape index (κ2) is 10.1. The Morgan fingerprint density at radius 2 is 1.98 bits per heavy atom. The van der Waals surface area contributed by atoms with Crippen molar-refractivity contribution in [3.63, 3.8) is 0 Å². The molecule has 4 aromatic heterocycles. The maximum atomic E-state index is 13.3. The zero-order valence-electron chi connectivity index (χ0n) is 22.5. The first-order valence-electron chi connectivity index (χ1n) is 13.9. The van der Waals surface area contributed by atoms with Gasteiger partial charge in [-0.25, -0.2) is 4.52 Å². The van der Waals surface area contributed by atoms with Crippen molar-refractivity contribution in [2.45, 2.75) is 57.7 Å². The van der Waals surface area contributed by atoms with E-state index in [1.54, 1.807) is 23.0 Å². The molecule has 2 fully saturated rings. The average Bonchev–Trinajstić information content (AvgIpc) is 3.71. The molecule has 11 nitrogen and oxygen atoms in total. The Bertz CT molecular complexity index is 1600. The maximum absolute atomic E-state index is 13.3. The monoisotopic (exact) mass is 560 g/mol. The van der Waals surface area contributed by atoms with Gasteiger partial charge in [-0.15, -0.1) is 11.3 Å². The summed E-state index contributed by atoms with van der Waals surface area (Å²) in [5.41, 5.74) is 4.43. The Kier molecular flexibility index (Phi) is 6.40. The van der Waals surface area contributed by atoms with E-state index in [-0.39, 0.29) is 11.8 Å². The summed E-state index contributed by atoms with van der Waals surface area (Å²) < 4.78 is 9.30. The molecule has 2 aliphatic heterocycles. The van der Waals surface area contributed by atoms with Gasteiger partial charge in [-0.3, -0.25) is 24.2 Å². The van der Waals surface area contributed by atoms with E-state index in [9.17, 15) is 9.59 Å². The minimum Gasteiger partial charge on any atom is -0.373 e. The number of nitrogens with zero attached hydrogens (tertiary/aromatic N) is 6. The molecule has 2 amide bonds. The minimum atomic E-state index is -0.300. The van der Waals surface area contributed by atoms with E-state index in [1.165, 1.54) is 43.4 Å². The lowest BCUT2D eigenvalue weighted by molar-refractivity contribution is 0.0561. The standard InChI is InChI=1S/C28H32N8O3S/c1-18-22(12-19(13-30-18)25(37)29-7-9-34-8-3-6-28(34)4-2-5-28)33-26(38)21-15-32-36-16-24(40-27(21)36)20-14-31-35-10-11-39-17-23(20)35/h12-16H,2-11,17H2,1H3,(H,29,37)(H,33,38). The van der Waals surface area contributed by atoms with Crippen LogP contribution in [0.4, 0.5) is 5.69 Å². The number of anilines is 1. The van der Waals surface area contributed by atoms with Crippen LogP contribution in [0.2, 0.25) is 0 Å². The van der Waals surface area contributed by atoms with Crippen LogP contribution in [0.5, 0.6) is 0 Å². The Labute approximate surface area is 235 Å². The number of ether oxygens (including phenoxy) is 1. The van der Waals surface area contributed by atoms with Crippen molar-refractivity contribution < 1.29 is 14.3 Å². The molecule has 0 aromatic carbocycles. The SMILES string of the molecule is Cc1ncc(C(=O)NCCN2CCCC23CCC3)cc1NC(=O)c1cnn2cc(-c3cnn4c3COCC4)sc12. The van der Waals surface area contributed by atoms with Gasteiger partial charge in [0.05, 0.1) is 65.2 Å². The highest BCUT2D eigenvalue weighted by molar-refractivity contribution is 7.21. The van der Waals surface area contributed by atoms with Crippen molar-refractivity contribution in [1.82, 2.24) is 34.6 Å². The third-order valence-electron chi connectivity index (χ3n) is 8.63. The molecule has 7 rings (SSSR count). The van der Waals surface area contributed by atoms with Crippen LogP contribution in [0.15, 0.2) is 30.9 Å². The molecule has 0 bridgehead atoms. The molecule has 4 aromatic rings. The van der Waals surface area contributed by atoms with Gasteiger partial charge in [0.2, 0.25) is 0 Å².